The summed E-state index contributed by atoms with van der Waals surface area (Å²) in [6, 6.07) is 8.60. The first-order valence-electron chi connectivity index (χ1n) is 5.14. The van der Waals surface area contributed by atoms with Gasteiger partial charge >= 0.3 is 0 Å². The molecule has 0 aromatic heterocycles. The summed E-state index contributed by atoms with van der Waals surface area (Å²) in [6.45, 7) is 4.93. The van der Waals surface area contributed by atoms with E-state index in [-0.39, 0.29) is 0 Å². The molecule has 0 aliphatic heterocycles. The molecule has 0 heterocycles. The Balaban J connectivity index is 2.38. The molecule has 0 saturated heterocycles. The second-order valence-corrected chi connectivity index (χ2v) is 3.35. The Bertz CT molecular complexity index is 243. The fourth-order valence-corrected chi connectivity index (χ4v) is 1.38. The molecular weight excluding hydrogens is 174 g/mol. The monoisotopic (exact) mass is 193 g/mol. The molecule has 1 rings (SSSR count). The van der Waals surface area contributed by atoms with Crippen LogP contribution >= 0.6 is 0 Å². The highest BCUT2D eigenvalue weighted by molar-refractivity contribution is 5.22. The smallest absolute Gasteiger partial charge is 0.0713 e. The van der Waals surface area contributed by atoms with Crippen LogP contribution in [-0.4, -0.2) is 20.2 Å². The topological polar surface area (TPSA) is 21.3 Å². The van der Waals surface area contributed by atoms with Crippen LogP contribution in [0, 0.1) is 0 Å². The lowest BCUT2D eigenvalue weighted by atomic mass is 10.1. The van der Waals surface area contributed by atoms with Crippen molar-refractivity contribution in [3.8, 4) is 0 Å². The Kier molecular flexibility index (Phi) is 5.27. The molecule has 0 amide bonds. The van der Waals surface area contributed by atoms with E-state index in [0.717, 1.165) is 19.5 Å². The van der Waals surface area contributed by atoms with Crippen molar-refractivity contribution < 1.29 is 4.74 Å². The molecule has 78 valence electrons. The molecule has 1 N–H and O–H groups in total. The molecule has 0 radical (unpaired) electrons. The number of rotatable bonds is 6. The van der Waals surface area contributed by atoms with E-state index >= 15 is 0 Å². The van der Waals surface area contributed by atoms with Crippen LogP contribution in [0.1, 0.15) is 18.1 Å². The summed E-state index contributed by atoms with van der Waals surface area (Å²) >= 11 is 0. The molecule has 1 aromatic rings. The Morgan fingerprint density at radius 1 is 1.14 bits per heavy atom. The van der Waals surface area contributed by atoms with Crippen LogP contribution in [0.5, 0.6) is 0 Å². The molecule has 0 unspecified atom stereocenters. The average Bonchev–Trinajstić information content (AvgIpc) is 2.21. The summed E-state index contributed by atoms with van der Waals surface area (Å²) < 4.78 is 5.05. The molecule has 0 aliphatic rings. The lowest BCUT2D eigenvalue weighted by molar-refractivity contribution is 0.185. The van der Waals surface area contributed by atoms with Gasteiger partial charge in [-0.3, -0.25) is 0 Å². The van der Waals surface area contributed by atoms with Crippen molar-refractivity contribution in [3.05, 3.63) is 35.4 Å². The average molecular weight is 193 g/mol. The third kappa shape index (κ3) is 3.90. The predicted octanol–water partition coefficient (Wildman–Crippen LogP) is 1.99. The van der Waals surface area contributed by atoms with E-state index in [1.807, 2.05) is 0 Å². The van der Waals surface area contributed by atoms with Crippen molar-refractivity contribution in [1.29, 1.82) is 0 Å². The van der Waals surface area contributed by atoms with E-state index < -0.39 is 0 Å². The van der Waals surface area contributed by atoms with E-state index in [1.165, 1.54) is 11.1 Å². The van der Waals surface area contributed by atoms with Gasteiger partial charge in [0.2, 0.25) is 0 Å². The molecular formula is C12H19NO. The minimum Gasteiger partial charge on any atom is -0.380 e. The maximum Gasteiger partial charge on any atom is 0.0713 e. The van der Waals surface area contributed by atoms with Crippen molar-refractivity contribution >= 4 is 0 Å². The van der Waals surface area contributed by atoms with Crippen LogP contribution in [0.4, 0.5) is 0 Å². The highest BCUT2D eigenvalue weighted by Crippen LogP contribution is 2.05. The summed E-state index contributed by atoms with van der Waals surface area (Å²) in [5.41, 5.74) is 2.62. The highest BCUT2D eigenvalue weighted by Gasteiger charge is 1.94. The van der Waals surface area contributed by atoms with Gasteiger partial charge in [0, 0.05) is 7.11 Å². The zero-order chi connectivity index (χ0) is 10.2. The van der Waals surface area contributed by atoms with Crippen LogP contribution in [-0.2, 0) is 17.8 Å². The Hall–Kier alpha value is -0.860. The van der Waals surface area contributed by atoms with E-state index in [1.54, 1.807) is 7.11 Å². The molecule has 14 heavy (non-hydrogen) atoms. The Morgan fingerprint density at radius 2 is 1.79 bits per heavy atom. The molecule has 1 aromatic carbocycles. The lowest BCUT2D eigenvalue weighted by Gasteiger charge is -2.04. The number of methoxy groups -OCH3 is 1. The van der Waals surface area contributed by atoms with Crippen LogP contribution in [0.15, 0.2) is 24.3 Å². The van der Waals surface area contributed by atoms with Crippen molar-refractivity contribution in [1.82, 2.24) is 5.32 Å². The van der Waals surface area contributed by atoms with Gasteiger partial charge in [0.25, 0.3) is 0 Å². The summed E-state index contributed by atoms with van der Waals surface area (Å²) in [6.07, 6.45) is 1.10. The summed E-state index contributed by atoms with van der Waals surface area (Å²) in [5.74, 6) is 0. The van der Waals surface area contributed by atoms with E-state index in [0.29, 0.717) is 6.61 Å². The first kappa shape index (κ1) is 11.2. The van der Waals surface area contributed by atoms with Crippen molar-refractivity contribution in [2.45, 2.75) is 20.0 Å². The van der Waals surface area contributed by atoms with Crippen LogP contribution < -0.4 is 5.32 Å². The van der Waals surface area contributed by atoms with Gasteiger partial charge in [0.05, 0.1) is 6.61 Å². The van der Waals surface area contributed by atoms with Gasteiger partial charge in [-0.05, 0) is 30.6 Å². The van der Waals surface area contributed by atoms with Gasteiger partial charge < -0.3 is 10.1 Å². The summed E-state index contributed by atoms with van der Waals surface area (Å²) in [5, 5.41) is 3.31. The molecule has 0 spiro atoms. The third-order valence-corrected chi connectivity index (χ3v) is 2.17. The first-order chi connectivity index (χ1) is 6.86. The molecule has 2 nitrogen and oxygen atoms in total. The summed E-state index contributed by atoms with van der Waals surface area (Å²) in [4.78, 5) is 0. The minimum absolute atomic E-state index is 0.702. The highest BCUT2D eigenvalue weighted by atomic mass is 16.5. The second kappa shape index (κ2) is 6.57. The van der Waals surface area contributed by atoms with Gasteiger partial charge in [-0.25, -0.2) is 0 Å². The number of nitrogens with one attached hydrogen (secondary N) is 1. The molecule has 0 fully saturated rings. The number of hydrogen-bond acceptors (Lipinski definition) is 2. The van der Waals surface area contributed by atoms with E-state index in [4.69, 9.17) is 4.74 Å². The maximum absolute atomic E-state index is 5.05. The third-order valence-electron chi connectivity index (χ3n) is 2.17. The van der Waals surface area contributed by atoms with Crippen molar-refractivity contribution in [3.63, 3.8) is 0 Å². The minimum atomic E-state index is 0.702. The largest absolute Gasteiger partial charge is 0.380 e. The van der Waals surface area contributed by atoms with Crippen molar-refractivity contribution in [2.75, 3.05) is 20.2 Å². The van der Waals surface area contributed by atoms with Gasteiger partial charge in [-0.1, -0.05) is 31.2 Å². The van der Waals surface area contributed by atoms with Crippen molar-refractivity contribution in [2.24, 2.45) is 0 Å². The number of hydrogen-bond donors (Lipinski definition) is 1. The first-order valence-corrected chi connectivity index (χ1v) is 5.14. The fourth-order valence-electron chi connectivity index (χ4n) is 1.38. The van der Waals surface area contributed by atoms with E-state index in [9.17, 15) is 0 Å². The Morgan fingerprint density at radius 3 is 2.36 bits per heavy atom. The maximum atomic E-state index is 5.05. The number of ether oxygens (including phenoxy) is 1. The molecule has 2 heteroatoms. The molecule has 0 bridgehead atoms. The van der Waals surface area contributed by atoms with Crippen LogP contribution in [0.3, 0.4) is 0 Å². The molecule has 0 aliphatic carbocycles. The predicted molar refractivity (Wildman–Crippen MR) is 59.4 cm³/mol. The molecule has 0 atom stereocenters. The zero-order valence-electron chi connectivity index (χ0n) is 9.05. The van der Waals surface area contributed by atoms with Gasteiger partial charge in [0.1, 0.15) is 0 Å². The SMILES string of the molecule is CCNCCc1ccc(COC)cc1. The number of likely N-dealkylation sites (N-methyl/N-ethyl adjacent to an activating group) is 1. The van der Waals surface area contributed by atoms with Gasteiger partial charge in [0.15, 0.2) is 0 Å². The zero-order valence-corrected chi connectivity index (χ0v) is 9.05. The van der Waals surface area contributed by atoms with Gasteiger partial charge in [-0.15, -0.1) is 0 Å². The van der Waals surface area contributed by atoms with E-state index in [2.05, 4.69) is 36.5 Å². The number of benzene rings is 1. The van der Waals surface area contributed by atoms with Crippen LogP contribution in [0.25, 0.3) is 0 Å². The standard InChI is InChI=1S/C12H19NO/c1-3-13-9-8-11-4-6-12(7-5-11)10-14-2/h4-7,13H,3,8-10H2,1-2H3. The quantitative estimate of drug-likeness (QED) is 0.698. The normalized spacial score (nSPS) is 10.4. The summed E-state index contributed by atoms with van der Waals surface area (Å²) in [7, 11) is 1.72. The lowest BCUT2D eigenvalue weighted by Crippen LogP contribution is -2.15. The second-order valence-electron chi connectivity index (χ2n) is 3.35. The Labute approximate surface area is 86.3 Å². The fraction of sp³-hybridized carbons (Fsp3) is 0.500. The molecule has 0 saturated carbocycles. The van der Waals surface area contributed by atoms with Gasteiger partial charge in [-0.2, -0.15) is 0 Å². The van der Waals surface area contributed by atoms with Crippen LogP contribution in [0.2, 0.25) is 0 Å².